The summed E-state index contributed by atoms with van der Waals surface area (Å²) in [7, 11) is 0. The summed E-state index contributed by atoms with van der Waals surface area (Å²) in [6.07, 6.45) is -0.367. The molecule has 0 aliphatic heterocycles. The summed E-state index contributed by atoms with van der Waals surface area (Å²) in [5.74, 6) is 0.820. The fourth-order valence-corrected chi connectivity index (χ4v) is 3.23. The molecule has 0 unspecified atom stereocenters. The van der Waals surface area contributed by atoms with Gasteiger partial charge >= 0.3 is 6.18 Å². The minimum Gasteiger partial charge on any atom is -0.300 e. The van der Waals surface area contributed by atoms with Crippen molar-refractivity contribution >= 4 is 12.2 Å². The monoisotopic (exact) mass is 382 g/mol. The van der Waals surface area contributed by atoms with Crippen LogP contribution in [0.15, 0.2) is 36.9 Å². The summed E-state index contributed by atoms with van der Waals surface area (Å²) in [4.78, 5) is 2.21. The molecule has 1 aliphatic carbocycles. The number of hydrogen-bond donors (Lipinski definition) is 0. The minimum atomic E-state index is -4.31. The molecule has 2 aromatic rings. The zero-order chi connectivity index (χ0) is 18.9. The molecule has 1 heterocycles. The SMILES string of the molecule is C=CCn1c(C)nn(CN(Cc2ccc(C(F)(F)F)cc2)C2CC2)c1=S. The van der Waals surface area contributed by atoms with E-state index in [1.54, 1.807) is 22.9 Å². The third kappa shape index (κ3) is 4.24. The summed E-state index contributed by atoms with van der Waals surface area (Å²) < 4.78 is 42.4. The highest BCUT2D eigenvalue weighted by Gasteiger charge is 2.31. The number of nitrogens with zero attached hydrogens (tertiary/aromatic N) is 4. The Morgan fingerprint density at radius 2 is 1.96 bits per heavy atom. The molecule has 1 aromatic carbocycles. The van der Waals surface area contributed by atoms with Crippen LogP contribution in [-0.4, -0.2) is 25.3 Å². The first kappa shape index (κ1) is 18.8. The second kappa shape index (κ2) is 7.36. The molecule has 26 heavy (non-hydrogen) atoms. The lowest BCUT2D eigenvalue weighted by Crippen LogP contribution is -2.29. The molecule has 0 bridgehead atoms. The molecule has 3 rings (SSSR count). The first-order chi connectivity index (χ1) is 12.3. The van der Waals surface area contributed by atoms with E-state index in [0.717, 1.165) is 36.4 Å². The van der Waals surface area contributed by atoms with Gasteiger partial charge in [-0.15, -0.1) is 6.58 Å². The summed E-state index contributed by atoms with van der Waals surface area (Å²) >= 11 is 5.49. The van der Waals surface area contributed by atoms with E-state index in [4.69, 9.17) is 12.2 Å². The fourth-order valence-electron chi connectivity index (χ4n) is 2.92. The van der Waals surface area contributed by atoms with Gasteiger partial charge in [-0.25, -0.2) is 4.68 Å². The van der Waals surface area contributed by atoms with Crippen molar-refractivity contribution in [1.82, 2.24) is 19.2 Å². The standard InChI is InChI=1S/C18H21F3N4S/c1-3-10-24-13(2)22-25(17(24)26)12-23(16-8-9-16)11-14-4-6-15(7-5-14)18(19,20)21/h3-7,16H,1,8-12H2,2H3. The van der Waals surface area contributed by atoms with E-state index >= 15 is 0 Å². The molecule has 140 valence electrons. The lowest BCUT2D eigenvalue weighted by molar-refractivity contribution is -0.137. The molecule has 1 aromatic heterocycles. The van der Waals surface area contributed by atoms with Crippen LogP contribution in [0.3, 0.4) is 0 Å². The first-order valence-electron chi connectivity index (χ1n) is 8.45. The maximum Gasteiger partial charge on any atom is 0.416 e. The van der Waals surface area contributed by atoms with Gasteiger partial charge in [0.15, 0.2) is 4.77 Å². The van der Waals surface area contributed by atoms with Crippen molar-refractivity contribution in [1.29, 1.82) is 0 Å². The Morgan fingerprint density at radius 3 is 2.50 bits per heavy atom. The Labute approximate surface area is 155 Å². The van der Waals surface area contributed by atoms with Gasteiger partial charge in [-0.2, -0.15) is 18.3 Å². The van der Waals surface area contributed by atoms with E-state index in [2.05, 4.69) is 16.6 Å². The van der Waals surface area contributed by atoms with Crippen LogP contribution >= 0.6 is 12.2 Å². The molecule has 0 atom stereocenters. The molecule has 4 nitrogen and oxygen atoms in total. The van der Waals surface area contributed by atoms with E-state index in [-0.39, 0.29) is 0 Å². The van der Waals surface area contributed by atoms with Crippen molar-refractivity contribution in [3.63, 3.8) is 0 Å². The van der Waals surface area contributed by atoms with E-state index in [1.165, 1.54) is 0 Å². The van der Waals surface area contributed by atoms with Crippen molar-refractivity contribution in [2.75, 3.05) is 0 Å². The largest absolute Gasteiger partial charge is 0.416 e. The van der Waals surface area contributed by atoms with Crippen LogP contribution in [0.5, 0.6) is 0 Å². The Bertz CT molecular complexity index is 832. The number of allylic oxidation sites excluding steroid dienone is 1. The maximum atomic E-state index is 12.7. The van der Waals surface area contributed by atoms with E-state index in [9.17, 15) is 13.2 Å². The summed E-state index contributed by atoms with van der Waals surface area (Å²) in [5, 5.41) is 4.50. The first-order valence-corrected chi connectivity index (χ1v) is 8.85. The average molecular weight is 382 g/mol. The number of rotatable bonds is 7. The molecule has 0 N–H and O–H groups in total. The maximum absolute atomic E-state index is 12.7. The zero-order valence-electron chi connectivity index (χ0n) is 14.5. The van der Waals surface area contributed by atoms with Crippen molar-refractivity contribution in [2.24, 2.45) is 0 Å². The fraction of sp³-hybridized carbons (Fsp3) is 0.444. The zero-order valence-corrected chi connectivity index (χ0v) is 15.4. The van der Waals surface area contributed by atoms with Gasteiger partial charge in [0.1, 0.15) is 5.82 Å². The van der Waals surface area contributed by atoms with Gasteiger partial charge in [-0.3, -0.25) is 4.90 Å². The molecular formula is C18H21F3N4S. The molecule has 0 spiro atoms. The number of aromatic nitrogens is 3. The van der Waals surface area contributed by atoms with Crippen LogP contribution in [0, 0.1) is 11.7 Å². The molecule has 1 saturated carbocycles. The summed E-state index contributed by atoms with van der Waals surface area (Å²) in [6.45, 7) is 7.32. The van der Waals surface area contributed by atoms with Gasteiger partial charge in [0.05, 0.1) is 12.2 Å². The number of benzene rings is 1. The molecule has 0 amide bonds. The molecule has 1 aliphatic rings. The molecule has 8 heteroatoms. The van der Waals surface area contributed by atoms with E-state index < -0.39 is 11.7 Å². The highest BCUT2D eigenvalue weighted by atomic mass is 32.1. The van der Waals surface area contributed by atoms with Crippen LogP contribution < -0.4 is 0 Å². The molecule has 1 fully saturated rings. The average Bonchev–Trinajstić information content (AvgIpc) is 3.38. The van der Waals surface area contributed by atoms with Gasteiger partial charge in [0, 0.05) is 19.1 Å². The van der Waals surface area contributed by atoms with Gasteiger partial charge in [-0.1, -0.05) is 18.2 Å². The second-order valence-corrected chi connectivity index (χ2v) is 6.91. The second-order valence-electron chi connectivity index (χ2n) is 6.54. The van der Waals surface area contributed by atoms with Crippen molar-refractivity contribution in [3.8, 4) is 0 Å². The third-order valence-corrected chi connectivity index (χ3v) is 4.90. The van der Waals surface area contributed by atoms with Gasteiger partial charge in [-0.05, 0) is 49.7 Å². The minimum absolute atomic E-state index is 0.420. The molecular weight excluding hydrogens is 361 g/mol. The predicted molar refractivity (Wildman–Crippen MR) is 96.0 cm³/mol. The molecule has 0 radical (unpaired) electrons. The number of halogens is 3. The lowest BCUT2D eigenvalue weighted by atomic mass is 10.1. The number of hydrogen-bond acceptors (Lipinski definition) is 3. The van der Waals surface area contributed by atoms with Gasteiger partial charge in [0.25, 0.3) is 0 Å². The van der Waals surface area contributed by atoms with Gasteiger partial charge < -0.3 is 4.57 Å². The third-order valence-electron chi connectivity index (χ3n) is 4.47. The van der Waals surface area contributed by atoms with E-state index in [1.807, 2.05) is 11.5 Å². The van der Waals surface area contributed by atoms with Crippen LogP contribution in [0.1, 0.15) is 29.8 Å². The quantitative estimate of drug-likeness (QED) is 0.519. The smallest absolute Gasteiger partial charge is 0.300 e. The Hall–Kier alpha value is -1.93. The Balaban J connectivity index is 1.76. The Morgan fingerprint density at radius 1 is 1.31 bits per heavy atom. The Kier molecular flexibility index (Phi) is 5.34. The number of alkyl halides is 3. The van der Waals surface area contributed by atoms with Gasteiger partial charge in [0.2, 0.25) is 0 Å². The highest BCUT2D eigenvalue weighted by Crippen LogP contribution is 2.31. The van der Waals surface area contributed by atoms with Crippen molar-refractivity contribution < 1.29 is 13.2 Å². The van der Waals surface area contributed by atoms with Crippen LogP contribution in [0.25, 0.3) is 0 Å². The predicted octanol–water partition coefficient (Wildman–Crippen LogP) is 4.55. The highest BCUT2D eigenvalue weighted by molar-refractivity contribution is 7.71. The normalized spacial score (nSPS) is 14.8. The van der Waals surface area contributed by atoms with E-state index in [0.29, 0.717) is 30.6 Å². The van der Waals surface area contributed by atoms with Crippen LogP contribution in [0.2, 0.25) is 0 Å². The van der Waals surface area contributed by atoms with Crippen LogP contribution in [0.4, 0.5) is 13.2 Å². The van der Waals surface area contributed by atoms with Crippen LogP contribution in [-0.2, 0) is 25.9 Å². The lowest BCUT2D eigenvalue weighted by Gasteiger charge is -2.22. The molecule has 0 saturated heterocycles. The summed E-state index contributed by atoms with van der Waals surface area (Å²) in [5.41, 5.74) is 0.221. The number of aryl methyl sites for hydroxylation is 1. The van der Waals surface area contributed by atoms with Crippen molar-refractivity contribution in [3.05, 3.63) is 58.6 Å². The summed E-state index contributed by atoms with van der Waals surface area (Å²) in [6, 6.07) is 5.77. The topological polar surface area (TPSA) is 26.0 Å². The van der Waals surface area contributed by atoms with Crippen molar-refractivity contribution in [2.45, 2.75) is 51.7 Å².